The van der Waals surface area contributed by atoms with Gasteiger partial charge in [-0.2, -0.15) is 5.26 Å². The number of nitrogens with zero attached hydrogens (tertiary/aromatic N) is 2. The van der Waals surface area contributed by atoms with Crippen LogP contribution in [0.25, 0.3) is 6.08 Å². The predicted octanol–water partition coefficient (Wildman–Crippen LogP) is 6.09. The number of anilines is 1. The molecule has 3 aromatic rings. The lowest BCUT2D eigenvalue weighted by Crippen LogP contribution is -2.13. The summed E-state index contributed by atoms with van der Waals surface area (Å²) in [6.07, 6.45) is 1.51. The molecule has 0 spiro atoms. The maximum atomic E-state index is 12.5. The minimum absolute atomic E-state index is 0.0247. The molecule has 7 nitrogen and oxygen atoms in total. The molecule has 0 aliphatic carbocycles. The molecule has 160 valence electrons. The molecule has 0 heterocycles. The first-order valence-corrected chi connectivity index (χ1v) is 11.1. The molecule has 0 aliphatic heterocycles. The SMILES string of the molecule is N#C/C(=C/c1ccc(OCc2ccc([N+](=O)[O-])cc2)c(I)c1)C(=O)Nc1cccc(Br)c1. The van der Waals surface area contributed by atoms with E-state index in [9.17, 15) is 20.2 Å². The lowest BCUT2D eigenvalue weighted by Gasteiger charge is -2.09. The van der Waals surface area contributed by atoms with E-state index >= 15 is 0 Å². The highest BCUT2D eigenvalue weighted by molar-refractivity contribution is 14.1. The summed E-state index contributed by atoms with van der Waals surface area (Å²) in [6, 6.07) is 20.5. The first kappa shape index (κ1) is 23.4. The average Bonchev–Trinajstić information content (AvgIpc) is 2.77. The first-order chi connectivity index (χ1) is 15.4. The second-order valence-corrected chi connectivity index (χ2v) is 8.61. The highest BCUT2D eigenvalue weighted by Gasteiger charge is 2.11. The number of hydrogen-bond donors (Lipinski definition) is 1. The van der Waals surface area contributed by atoms with Crippen molar-refractivity contribution >= 4 is 61.9 Å². The van der Waals surface area contributed by atoms with Crippen molar-refractivity contribution in [1.29, 1.82) is 5.26 Å². The van der Waals surface area contributed by atoms with Crippen LogP contribution >= 0.6 is 38.5 Å². The summed E-state index contributed by atoms with van der Waals surface area (Å²) in [5.74, 6) is 0.123. The Morgan fingerprint density at radius 3 is 2.56 bits per heavy atom. The van der Waals surface area contributed by atoms with Gasteiger partial charge in [0.25, 0.3) is 11.6 Å². The summed E-state index contributed by atoms with van der Waals surface area (Å²) >= 11 is 5.45. The highest BCUT2D eigenvalue weighted by atomic mass is 127. The largest absolute Gasteiger partial charge is 0.488 e. The normalized spacial score (nSPS) is 10.8. The Morgan fingerprint density at radius 2 is 1.94 bits per heavy atom. The summed E-state index contributed by atoms with van der Waals surface area (Å²) in [4.78, 5) is 22.7. The summed E-state index contributed by atoms with van der Waals surface area (Å²) in [7, 11) is 0. The molecule has 1 amide bonds. The molecule has 0 saturated carbocycles. The molecule has 0 aromatic heterocycles. The number of nitro groups is 1. The van der Waals surface area contributed by atoms with Crippen LogP contribution in [0.4, 0.5) is 11.4 Å². The second kappa shape index (κ2) is 10.9. The molecule has 3 aromatic carbocycles. The lowest BCUT2D eigenvalue weighted by atomic mass is 10.1. The van der Waals surface area contributed by atoms with Gasteiger partial charge in [-0.15, -0.1) is 0 Å². The fourth-order valence-electron chi connectivity index (χ4n) is 2.68. The van der Waals surface area contributed by atoms with Crippen LogP contribution < -0.4 is 10.1 Å². The molecule has 0 saturated heterocycles. The van der Waals surface area contributed by atoms with Crippen molar-refractivity contribution in [3.05, 3.63) is 102 Å². The zero-order valence-electron chi connectivity index (χ0n) is 16.4. The fraction of sp³-hybridized carbons (Fsp3) is 0.0435. The molecule has 0 bridgehead atoms. The van der Waals surface area contributed by atoms with Gasteiger partial charge in [-0.25, -0.2) is 0 Å². The number of amides is 1. The van der Waals surface area contributed by atoms with Crippen molar-refractivity contribution in [3.8, 4) is 11.8 Å². The molecular formula is C23H15BrIN3O4. The van der Waals surface area contributed by atoms with Crippen molar-refractivity contribution in [2.24, 2.45) is 0 Å². The monoisotopic (exact) mass is 603 g/mol. The van der Waals surface area contributed by atoms with Gasteiger partial charge in [0.05, 0.1) is 8.49 Å². The molecule has 0 unspecified atom stereocenters. The van der Waals surface area contributed by atoms with Crippen LogP contribution in [0.1, 0.15) is 11.1 Å². The summed E-state index contributed by atoms with van der Waals surface area (Å²) in [5.41, 5.74) is 2.05. The third kappa shape index (κ3) is 6.38. The number of benzene rings is 3. The third-order valence-electron chi connectivity index (χ3n) is 4.26. The Hall–Kier alpha value is -3.23. The van der Waals surface area contributed by atoms with E-state index in [1.165, 1.54) is 18.2 Å². The molecule has 0 aliphatic rings. The summed E-state index contributed by atoms with van der Waals surface area (Å²) < 4.78 is 7.41. The number of ether oxygens (including phenoxy) is 1. The highest BCUT2D eigenvalue weighted by Crippen LogP contribution is 2.25. The number of nitro benzene ring substituents is 1. The number of non-ortho nitro benzene ring substituents is 1. The minimum Gasteiger partial charge on any atom is -0.488 e. The topological polar surface area (TPSA) is 105 Å². The van der Waals surface area contributed by atoms with Crippen molar-refractivity contribution < 1.29 is 14.5 Å². The number of hydrogen-bond acceptors (Lipinski definition) is 5. The molecule has 1 N–H and O–H groups in total. The van der Waals surface area contributed by atoms with Gasteiger partial charge in [-0.1, -0.05) is 28.1 Å². The van der Waals surface area contributed by atoms with Crippen LogP contribution in [0.15, 0.2) is 76.8 Å². The molecular weight excluding hydrogens is 589 g/mol. The van der Waals surface area contributed by atoms with E-state index in [1.54, 1.807) is 48.5 Å². The maximum Gasteiger partial charge on any atom is 0.269 e. The smallest absolute Gasteiger partial charge is 0.269 e. The molecule has 3 rings (SSSR count). The Labute approximate surface area is 206 Å². The van der Waals surface area contributed by atoms with Crippen LogP contribution in [-0.4, -0.2) is 10.8 Å². The zero-order valence-corrected chi connectivity index (χ0v) is 20.2. The minimum atomic E-state index is -0.501. The van der Waals surface area contributed by atoms with Crippen LogP contribution in [0.3, 0.4) is 0 Å². The van der Waals surface area contributed by atoms with Gasteiger partial charge in [0.15, 0.2) is 0 Å². The summed E-state index contributed by atoms with van der Waals surface area (Å²) in [5, 5.41) is 22.9. The van der Waals surface area contributed by atoms with Crippen molar-refractivity contribution in [1.82, 2.24) is 0 Å². The van der Waals surface area contributed by atoms with E-state index in [0.717, 1.165) is 13.6 Å². The quantitative estimate of drug-likeness (QED) is 0.116. The second-order valence-electron chi connectivity index (χ2n) is 6.54. The van der Waals surface area contributed by atoms with Crippen molar-refractivity contribution in [3.63, 3.8) is 0 Å². The Kier molecular flexibility index (Phi) is 7.97. The van der Waals surface area contributed by atoms with E-state index in [1.807, 2.05) is 12.1 Å². The van der Waals surface area contributed by atoms with E-state index < -0.39 is 10.8 Å². The molecule has 0 fully saturated rings. The molecule has 9 heteroatoms. The number of carbonyl (C=O) groups is 1. The van der Waals surface area contributed by atoms with Gasteiger partial charge in [0, 0.05) is 22.3 Å². The van der Waals surface area contributed by atoms with E-state index in [2.05, 4.69) is 43.8 Å². The average molecular weight is 604 g/mol. The van der Waals surface area contributed by atoms with Crippen LogP contribution in [0.5, 0.6) is 5.75 Å². The number of nitrogens with one attached hydrogen (secondary N) is 1. The molecule has 0 atom stereocenters. The predicted molar refractivity (Wildman–Crippen MR) is 133 cm³/mol. The van der Waals surface area contributed by atoms with Gasteiger partial charge in [-0.05, 0) is 82.3 Å². The third-order valence-corrected chi connectivity index (χ3v) is 5.59. The van der Waals surface area contributed by atoms with Gasteiger partial charge in [0.1, 0.15) is 24.0 Å². The van der Waals surface area contributed by atoms with Gasteiger partial charge < -0.3 is 10.1 Å². The first-order valence-electron chi connectivity index (χ1n) is 9.20. The Bertz CT molecular complexity index is 1240. The Morgan fingerprint density at radius 1 is 1.19 bits per heavy atom. The van der Waals surface area contributed by atoms with Crippen LogP contribution in [0.2, 0.25) is 0 Å². The van der Waals surface area contributed by atoms with Gasteiger partial charge in [0.2, 0.25) is 0 Å². The summed E-state index contributed by atoms with van der Waals surface area (Å²) in [6.45, 7) is 0.252. The van der Waals surface area contributed by atoms with E-state index in [-0.39, 0.29) is 17.9 Å². The van der Waals surface area contributed by atoms with Crippen LogP contribution in [0, 0.1) is 25.0 Å². The standard InChI is InChI=1S/C23H15BrIN3O4/c24-18-2-1-3-19(12-18)27-23(29)17(13-26)10-16-6-9-22(21(25)11-16)32-14-15-4-7-20(8-5-15)28(30)31/h1-12H,14H2,(H,27,29)/b17-10-. The number of carbonyl (C=O) groups excluding carboxylic acids is 1. The Balaban J connectivity index is 1.68. The maximum absolute atomic E-state index is 12.5. The molecule has 32 heavy (non-hydrogen) atoms. The van der Waals surface area contributed by atoms with Crippen molar-refractivity contribution in [2.45, 2.75) is 6.61 Å². The lowest BCUT2D eigenvalue weighted by molar-refractivity contribution is -0.384. The van der Waals surface area contributed by atoms with Crippen LogP contribution in [-0.2, 0) is 11.4 Å². The van der Waals surface area contributed by atoms with E-state index in [4.69, 9.17) is 4.74 Å². The van der Waals surface area contributed by atoms with Gasteiger partial charge in [-0.3, -0.25) is 14.9 Å². The number of rotatable bonds is 7. The van der Waals surface area contributed by atoms with Crippen molar-refractivity contribution in [2.75, 3.05) is 5.32 Å². The number of nitriles is 1. The number of halogens is 2. The van der Waals surface area contributed by atoms with E-state index in [0.29, 0.717) is 17.0 Å². The molecule has 0 radical (unpaired) electrons. The van der Waals surface area contributed by atoms with Gasteiger partial charge >= 0.3 is 0 Å². The zero-order chi connectivity index (χ0) is 23.1. The fourth-order valence-corrected chi connectivity index (χ4v) is 3.77.